The van der Waals surface area contributed by atoms with Crippen molar-refractivity contribution in [2.24, 2.45) is 0 Å². The molecule has 3 rings (SSSR count). The van der Waals surface area contributed by atoms with E-state index in [1.807, 2.05) is 19.0 Å². The van der Waals surface area contributed by atoms with Crippen molar-refractivity contribution in [3.05, 3.63) is 46.9 Å². The Morgan fingerprint density at radius 3 is 2.65 bits per heavy atom. The van der Waals surface area contributed by atoms with Crippen molar-refractivity contribution in [1.29, 1.82) is 0 Å². The second-order valence-corrected chi connectivity index (χ2v) is 5.80. The lowest BCUT2D eigenvalue weighted by Gasteiger charge is -2.12. The van der Waals surface area contributed by atoms with Crippen molar-refractivity contribution >= 4 is 16.8 Å². The number of phenols is 1. The molecule has 0 saturated carbocycles. The lowest BCUT2D eigenvalue weighted by molar-refractivity contribution is 0.101. The van der Waals surface area contributed by atoms with Crippen molar-refractivity contribution < 1.29 is 18.7 Å². The van der Waals surface area contributed by atoms with E-state index in [-0.39, 0.29) is 17.3 Å². The number of hydrogen-bond acceptors (Lipinski definition) is 6. The number of furan rings is 1. The number of rotatable bonds is 4. The molecule has 0 saturated heterocycles. The topological polar surface area (TPSA) is 79.7 Å². The van der Waals surface area contributed by atoms with Crippen LogP contribution >= 0.6 is 0 Å². The van der Waals surface area contributed by atoms with E-state index in [0.29, 0.717) is 40.2 Å². The van der Waals surface area contributed by atoms with Gasteiger partial charge in [0.15, 0.2) is 11.7 Å². The number of nitrogens with zero attached hydrogens (tertiary/aromatic N) is 2. The van der Waals surface area contributed by atoms with Gasteiger partial charge < -0.3 is 18.8 Å². The molecule has 2 heterocycles. The van der Waals surface area contributed by atoms with Gasteiger partial charge in [0.25, 0.3) is 0 Å². The molecule has 0 fully saturated rings. The number of aromatic hydroxyl groups is 1. The summed E-state index contributed by atoms with van der Waals surface area (Å²) in [4.78, 5) is 18.9. The van der Waals surface area contributed by atoms with Gasteiger partial charge in [0.1, 0.15) is 17.6 Å². The van der Waals surface area contributed by atoms with E-state index in [1.165, 1.54) is 6.26 Å². The summed E-state index contributed by atoms with van der Waals surface area (Å²) in [6.07, 6.45) is 1.41. The van der Waals surface area contributed by atoms with Gasteiger partial charge in [-0.05, 0) is 33.2 Å². The maximum atomic E-state index is 12.8. The largest absolute Gasteiger partial charge is 0.508 e. The highest BCUT2D eigenvalue weighted by atomic mass is 16.4. The first kappa shape index (κ1) is 15.3. The Hall–Kier alpha value is -2.60. The summed E-state index contributed by atoms with van der Waals surface area (Å²) in [5.41, 5.74) is 2.11. The highest BCUT2D eigenvalue weighted by Crippen LogP contribution is 2.33. The molecule has 0 spiro atoms. The number of aryl methyl sites for hydroxylation is 2. The average Bonchev–Trinajstić information content (AvgIpc) is 3.04. The third kappa shape index (κ3) is 2.61. The quantitative estimate of drug-likeness (QED) is 0.746. The maximum absolute atomic E-state index is 12.8. The Kier molecular flexibility index (Phi) is 3.69. The number of benzene rings is 1. The standard InChI is InChI=1S/C17H18N2O4/c1-9-17(23-10(2)18-9)16(21)12-8-22-14-6-5-13(20)11(15(12)14)7-19(3)4/h5-6,8,20H,7H2,1-4H3. The summed E-state index contributed by atoms with van der Waals surface area (Å²) in [5.74, 6) is 0.471. The van der Waals surface area contributed by atoms with Crippen molar-refractivity contribution in [1.82, 2.24) is 9.88 Å². The number of phenolic OH excluding ortho intramolecular Hbond substituents is 1. The minimum atomic E-state index is -0.299. The lowest BCUT2D eigenvalue weighted by atomic mass is 10.0. The zero-order chi connectivity index (χ0) is 16.7. The van der Waals surface area contributed by atoms with Crippen LogP contribution in [0.3, 0.4) is 0 Å². The van der Waals surface area contributed by atoms with Crippen LogP contribution in [0.5, 0.6) is 5.75 Å². The Labute approximate surface area is 133 Å². The average molecular weight is 314 g/mol. The molecule has 0 aliphatic rings. The van der Waals surface area contributed by atoms with Crippen LogP contribution in [-0.4, -0.2) is 34.9 Å². The summed E-state index contributed by atoms with van der Waals surface area (Å²) in [5, 5.41) is 10.8. The van der Waals surface area contributed by atoms with E-state index in [4.69, 9.17) is 8.83 Å². The molecule has 6 heteroatoms. The fraction of sp³-hybridized carbons (Fsp3) is 0.294. The van der Waals surface area contributed by atoms with Crippen molar-refractivity contribution in [3.63, 3.8) is 0 Å². The Morgan fingerprint density at radius 1 is 1.30 bits per heavy atom. The zero-order valence-corrected chi connectivity index (χ0v) is 13.5. The number of carbonyl (C=O) groups is 1. The lowest BCUT2D eigenvalue weighted by Crippen LogP contribution is -2.12. The van der Waals surface area contributed by atoms with Gasteiger partial charge in [-0.2, -0.15) is 0 Å². The molecule has 0 atom stereocenters. The molecule has 2 aromatic heterocycles. The molecule has 0 aliphatic carbocycles. The highest BCUT2D eigenvalue weighted by Gasteiger charge is 2.24. The third-order valence-corrected chi connectivity index (χ3v) is 3.65. The summed E-state index contributed by atoms with van der Waals surface area (Å²) in [7, 11) is 3.79. The highest BCUT2D eigenvalue weighted by molar-refractivity contribution is 6.15. The predicted octanol–water partition coefficient (Wildman–Crippen LogP) is 3.04. The Balaban J connectivity index is 2.20. The number of carbonyl (C=O) groups excluding carboxylic acids is 1. The molecule has 23 heavy (non-hydrogen) atoms. The van der Waals surface area contributed by atoms with Crippen molar-refractivity contribution in [2.75, 3.05) is 14.1 Å². The van der Waals surface area contributed by atoms with Gasteiger partial charge >= 0.3 is 0 Å². The fourth-order valence-electron chi connectivity index (χ4n) is 2.70. The number of oxazole rings is 1. The van der Waals surface area contributed by atoms with Crippen LogP contribution in [0.1, 0.15) is 33.3 Å². The van der Waals surface area contributed by atoms with Gasteiger partial charge in [-0.25, -0.2) is 4.98 Å². The molecule has 3 aromatic rings. The van der Waals surface area contributed by atoms with E-state index in [1.54, 1.807) is 26.0 Å². The van der Waals surface area contributed by atoms with Gasteiger partial charge in [0, 0.05) is 24.4 Å². The predicted molar refractivity (Wildman–Crippen MR) is 84.7 cm³/mol. The van der Waals surface area contributed by atoms with Crippen LogP contribution < -0.4 is 0 Å². The minimum Gasteiger partial charge on any atom is -0.508 e. The Bertz CT molecular complexity index is 890. The molecule has 0 aliphatic heterocycles. The molecule has 0 unspecified atom stereocenters. The van der Waals surface area contributed by atoms with E-state index >= 15 is 0 Å². The SMILES string of the molecule is Cc1nc(C)c(C(=O)c2coc3ccc(O)c(CN(C)C)c23)o1. The van der Waals surface area contributed by atoms with Crippen LogP contribution in [0.4, 0.5) is 0 Å². The second kappa shape index (κ2) is 5.55. The molecule has 1 aromatic carbocycles. The summed E-state index contributed by atoms with van der Waals surface area (Å²) in [6, 6.07) is 3.22. The molecular weight excluding hydrogens is 296 g/mol. The monoisotopic (exact) mass is 314 g/mol. The van der Waals surface area contributed by atoms with Gasteiger partial charge in [0.05, 0.1) is 11.3 Å². The molecule has 6 nitrogen and oxygen atoms in total. The number of fused-ring (bicyclic) bond motifs is 1. The van der Waals surface area contributed by atoms with E-state index < -0.39 is 0 Å². The molecule has 1 N–H and O–H groups in total. The van der Waals surface area contributed by atoms with Crippen molar-refractivity contribution in [3.8, 4) is 5.75 Å². The smallest absolute Gasteiger partial charge is 0.234 e. The van der Waals surface area contributed by atoms with E-state index in [2.05, 4.69) is 4.98 Å². The minimum absolute atomic E-state index is 0.132. The summed E-state index contributed by atoms with van der Waals surface area (Å²) >= 11 is 0. The van der Waals surface area contributed by atoms with Crippen LogP contribution in [-0.2, 0) is 6.54 Å². The number of hydrogen-bond donors (Lipinski definition) is 1. The third-order valence-electron chi connectivity index (χ3n) is 3.65. The van der Waals surface area contributed by atoms with Crippen LogP contribution in [0, 0.1) is 13.8 Å². The normalized spacial score (nSPS) is 11.5. The summed E-state index contributed by atoms with van der Waals surface area (Å²) in [6.45, 7) is 3.90. The van der Waals surface area contributed by atoms with E-state index in [0.717, 1.165) is 0 Å². The van der Waals surface area contributed by atoms with Crippen LogP contribution in [0.2, 0.25) is 0 Å². The number of aromatic nitrogens is 1. The second-order valence-electron chi connectivity index (χ2n) is 5.80. The molecule has 0 bridgehead atoms. The van der Waals surface area contributed by atoms with Crippen LogP contribution in [0.15, 0.2) is 27.2 Å². The first-order chi connectivity index (χ1) is 10.9. The van der Waals surface area contributed by atoms with Gasteiger partial charge in [-0.1, -0.05) is 0 Å². The molecule has 120 valence electrons. The van der Waals surface area contributed by atoms with Crippen molar-refractivity contribution in [2.45, 2.75) is 20.4 Å². The number of ketones is 1. The summed E-state index contributed by atoms with van der Waals surface area (Å²) < 4.78 is 10.9. The van der Waals surface area contributed by atoms with E-state index in [9.17, 15) is 9.90 Å². The Morgan fingerprint density at radius 2 is 2.04 bits per heavy atom. The maximum Gasteiger partial charge on any atom is 0.234 e. The fourth-order valence-corrected chi connectivity index (χ4v) is 2.70. The molecule has 0 radical (unpaired) electrons. The van der Waals surface area contributed by atoms with Gasteiger partial charge in [-0.15, -0.1) is 0 Å². The first-order valence-electron chi connectivity index (χ1n) is 7.24. The first-order valence-corrected chi connectivity index (χ1v) is 7.24. The molecular formula is C17H18N2O4. The van der Waals surface area contributed by atoms with Gasteiger partial charge in [-0.3, -0.25) is 4.79 Å². The zero-order valence-electron chi connectivity index (χ0n) is 13.5. The van der Waals surface area contributed by atoms with Crippen LogP contribution in [0.25, 0.3) is 11.0 Å². The van der Waals surface area contributed by atoms with Gasteiger partial charge in [0.2, 0.25) is 5.78 Å². The molecule has 0 amide bonds.